The molecular weight excluding hydrogens is 755 g/mol. The molecule has 1 spiro atoms. The predicted octanol–water partition coefficient (Wildman–Crippen LogP) is 15.7. The highest BCUT2D eigenvalue weighted by molar-refractivity contribution is 7.99. The predicted molar refractivity (Wildman–Crippen MR) is 255 cm³/mol. The summed E-state index contributed by atoms with van der Waals surface area (Å²) in [4.78, 5) is 5.22. The smallest absolute Gasteiger partial charge is 0.0742 e. The van der Waals surface area contributed by atoms with Gasteiger partial charge in [-0.3, -0.25) is 0 Å². The van der Waals surface area contributed by atoms with Crippen LogP contribution in [-0.4, -0.2) is 0 Å². The summed E-state index contributed by atoms with van der Waals surface area (Å²) in [6.45, 7) is 9.56. The minimum Gasteiger partial charge on any atom is -0.310 e. The molecule has 0 amide bonds. The molecule has 0 bridgehead atoms. The van der Waals surface area contributed by atoms with Crippen molar-refractivity contribution in [2.24, 2.45) is 0 Å². The van der Waals surface area contributed by atoms with Crippen LogP contribution in [0.1, 0.15) is 72.2 Å². The Hall–Kier alpha value is -6.61. The second-order valence-electron chi connectivity index (χ2n) is 18.4. The summed E-state index contributed by atoms with van der Waals surface area (Å²) < 4.78 is 0. The first-order valence-electron chi connectivity index (χ1n) is 21.6. The fourth-order valence-electron chi connectivity index (χ4n) is 12.0. The average Bonchev–Trinajstić information content (AvgIpc) is 3.81. The summed E-state index contributed by atoms with van der Waals surface area (Å²) in [5.74, 6) is 0. The van der Waals surface area contributed by atoms with Gasteiger partial charge in [0.1, 0.15) is 0 Å². The second kappa shape index (κ2) is 12.2. The summed E-state index contributed by atoms with van der Waals surface area (Å²) in [5.41, 5.74) is 21.6. The Morgan fingerprint density at radius 3 is 1.57 bits per heavy atom. The van der Waals surface area contributed by atoms with Crippen LogP contribution < -0.4 is 4.90 Å². The first-order valence-corrected chi connectivity index (χ1v) is 22.4. The number of anilines is 3. The molecule has 0 N–H and O–H groups in total. The van der Waals surface area contributed by atoms with Crippen LogP contribution in [-0.2, 0) is 16.2 Å². The highest BCUT2D eigenvalue weighted by atomic mass is 32.2. The second-order valence-corrected chi connectivity index (χ2v) is 19.5. The molecule has 4 aliphatic rings. The van der Waals surface area contributed by atoms with Crippen molar-refractivity contribution in [3.05, 3.63) is 233 Å². The standard InChI is InChI=1S/C59H43NS/c1-57(2)45-21-10-7-18-40(45)42-31-29-37(34-50(42)57)60(38-30-32-43-41-19-8-11-22-46(41)58(3,4)51(43)35-38)52-26-15-25-49-55(52)44-20-9-12-23-47(44)59(49)48-24-13-14-27-53(48)61-54-33-28-36-16-5-6-17-39(36)56(54)59/h5-35H,1-4H3. The molecule has 0 saturated carbocycles. The van der Waals surface area contributed by atoms with Crippen molar-refractivity contribution in [2.45, 2.75) is 53.7 Å². The van der Waals surface area contributed by atoms with E-state index in [4.69, 9.17) is 0 Å². The largest absolute Gasteiger partial charge is 0.310 e. The Kier molecular flexibility index (Phi) is 7.06. The molecule has 1 unspecified atom stereocenters. The number of hydrogen-bond acceptors (Lipinski definition) is 2. The SMILES string of the molecule is CC1(C)c2ccccc2-c2ccc(N(c3ccc4c(c3)C(C)(C)c3ccccc3-4)c3cccc4c3-c3ccccc3C43c4ccccc4Sc4ccc5ccccc5c43)cc21. The zero-order valence-electron chi connectivity index (χ0n) is 34.8. The molecule has 3 aliphatic carbocycles. The van der Waals surface area contributed by atoms with Crippen molar-refractivity contribution in [3.8, 4) is 33.4 Å². The van der Waals surface area contributed by atoms with E-state index in [-0.39, 0.29) is 10.8 Å². The number of nitrogens with zero attached hydrogens (tertiary/aromatic N) is 1. The molecule has 1 nitrogen and oxygen atoms in total. The summed E-state index contributed by atoms with van der Waals surface area (Å²) >= 11 is 1.91. The molecule has 9 aromatic rings. The first-order chi connectivity index (χ1) is 29.8. The molecule has 13 rings (SSSR count). The highest BCUT2D eigenvalue weighted by Gasteiger charge is 2.52. The molecule has 1 atom stereocenters. The third-order valence-corrected chi connectivity index (χ3v) is 15.9. The maximum absolute atomic E-state index is 2.58. The monoisotopic (exact) mass is 797 g/mol. The van der Waals surface area contributed by atoms with Crippen LogP contribution in [0.15, 0.2) is 198 Å². The number of benzene rings is 9. The van der Waals surface area contributed by atoms with E-state index in [1.807, 2.05) is 11.8 Å². The van der Waals surface area contributed by atoms with Gasteiger partial charge in [0.25, 0.3) is 0 Å². The van der Waals surface area contributed by atoms with E-state index in [0.717, 1.165) is 0 Å². The quantitative estimate of drug-likeness (QED) is 0.175. The van der Waals surface area contributed by atoms with E-state index in [9.17, 15) is 0 Å². The molecule has 0 aromatic heterocycles. The van der Waals surface area contributed by atoms with Crippen molar-refractivity contribution in [3.63, 3.8) is 0 Å². The summed E-state index contributed by atoms with van der Waals surface area (Å²) in [5, 5.41) is 2.58. The molecule has 0 saturated heterocycles. The fourth-order valence-corrected chi connectivity index (χ4v) is 13.2. The molecule has 0 fully saturated rings. The van der Waals surface area contributed by atoms with Crippen molar-refractivity contribution in [1.29, 1.82) is 0 Å². The van der Waals surface area contributed by atoms with Gasteiger partial charge in [0.2, 0.25) is 0 Å². The molecular formula is C59H43NS. The summed E-state index contributed by atoms with van der Waals surface area (Å²) in [6, 6.07) is 71.7. The molecule has 1 aliphatic heterocycles. The van der Waals surface area contributed by atoms with Crippen LogP contribution in [0.25, 0.3) is 44.2 Å². The van der Waals surface area contributed by atoms with E-state index in [2.05, 4.69) is 221 Å². The van der Waals surface area contributed by atoms with Gasteiger partial charge in [0.15, 0.2) is 0 Å². The molecule has 1 heterocycles. The van der Waals surface area contributed by atoms with Gasteiger partial charge >= 0.3 is 0 Å². The Morgan fingerprint density at radius 1 is 0.377 bits per heavy atom. The third kappa shape index (κ3) is 4.48. The van der Waals surface area contributed by atoms with Crippen molar-refractivity contribution < 1.29 is 0 Å². The lowest BCUT2D eigenvalue weighted by Crippen LogP contribution is -2.32. The van der Waals surface area contributed by atoms with Gasteiger partial charge in [-0.2, -0.15) is 0 Å². The lowest BCUT2D eigenvalue weighted by Gasteiger charge is -2.40. The lowest BCUT2D eigenvalue weighted by atomic mass is 9.66. The maximum Gasteiger partial charge on any atom is 0.0742 e. The molecule has 61 heavy (non-hydrogen) atoms. The minimum atomic E-state index is -0.519. The third-order valence-electron chi connectivity index (χ3n) is 14.7. The maximum atomic E-state index is 2.58. The Morgan fingerprint density at radius 2 is 0.902 bits per heavy atom. The zero-order valence-corrected chi connectivity index (χ0v) is 35.6. The van der Waals surface area contributed by atoms with Gasteiger partial charge in [-0.05, 0) is 126 Å². The first kappa shape index (κ1) is 35.2. The molecule has 2 heteroatoms. The van der Waals surface area contributed by atoms with Crippen molar-refractivity contribution >= 4 is 39.6 Å². The minimum absolute atomic E-state index is 0.140. The van der Waals surface area contributed by atoms with Crippen LogP contribution in [0.3, 0.4) is 0 Å². The highest BCUT2D eigenvalue weighted by Crippen LogP contribution is 2.65. The van der Waals surface area contributed by atoms with Gasteiger partial charge in [-0.1, -0.05) is 185 Å². The van der Waals surface area contributed by atoms with E-state index in [0.29, 0.717) is 0 Å². The number of rotatable bonds is 3. The topological polar surface area (TPSA) is 3.24 Å². The van der Waals surface area contributed by atoms with Gasteiger partial charge < -0.3 is 4.90 Å². The van der Waals surface area contributed by atoms with Crippen LogP contribution in [0, 0.1) is 0 Å². The molecule has 9 aromatic carbocycles. The normalized spacial score (nSPS) is 17.4. The van der Waals surface area contributed by atoms with Gasteiger partial charge in [-0.25, -0.2) is 0 Å². The lowest BCUT2D eigenvalue weighted by molar-refractivity contribution is 0.660. The molecule has 0 radical (unpaired) electrons. The fraction of sp³-hybridized carbons (Fsp3) is 0.119. The average molecular weight is 798 g/mol. The Bertz CT molecular complexity index is 3260. The summed E-state index contributed by atoms with van der Waals surface area (Å²) in [6.07, 6.45) is 0. The van der Waals surface area contributed by atoms with Gasteiger partial charge in [0, 0.05) is 37.6 Å². The van der Waals surface area contributed by atoms with E-state index < -0.39 is 5.41 Å². The number of fused-ring (bicyclic) bond motifs is 17. The zero-order chi connectivity index (χ0) is 40.8. The van der Waals surface area contributed by atoms with Crippen LogP contribution in [0.4, 0.5) is 17.1 Å². The van der Waals surface area contributed by atoms with E-state index >= 15 is 0 Å². The summed E-state index contributed by atoms with van der Waals surface area (Å²) in [7, 11) is 0. The van der Waals surface area contributed by atoms with Gasteiger partial charge in [-0.15, -0.1) is 0 Å². The van der Waals surface area contributed by atoms with Gasteiger partial charge in [0.05, 0.1) is 11.1 Å². The van der Waals surface area contributed by atoms with Crippen LogP contribution >= 0.6 is 11.8 Å². The van der Waals surface area contributed by atoms with Crippen molar-refractivity contribution in [1.82, 2.24) is 0 Å². The van der Waals surface area contributed by atoms with E-state index in [1.54, 1.807) is 0 Å². The number of hydrogen-bond donors (Lipinski definition) is 0. The molecule has 290 valence electrons. The Labute approximate surface area is 362 Å². The van der Waals surface area contributed by atoms with Crippen molar-refractivity contribution in [2.75, 3.05) is 4.90 Å². The van der Waals surface area contributed by atoms with Crippen LogP contribution in [0.2, 0.25) is 0 Å². The van der Waals surface area contributed by atoms with E-state index in [1.165, 1.54) is 116 Å². The van der Waals surface area contributed by atoms with Crippen LogP contribution in [0.5, 0.6) is 0 Å². The Balaban J connectivity index is 1.13.